The van der Waals surface area contributed by atoms with Crippen LogP contribution in [0.5, 0.6) is 0 Å². The summed E-state index contributed by atoms with van der Waals surface area (Å²) >= 11 is 0. The first-order chi connectivity index (χ1) is 6.79. The first kappa shape index (κ1) is 8.63. The summed E-state index contributed by atoms with van der Waals surface area (Å²) in [5, 5.41) is 14.1. The number of aromatic nitrogens is 6. The fourth-order valence-corrected chi connectivity index (χ4v) is 1.04. The first-order valence-electron chi connectivity index (χ1n) is 4.08. The number of nitrogens with two attached hydrogens (primary N) is 2. The van der Waals surface area contributed by atoms with Crippen molar-refractivity contribution in [1.82, 2.24) is 30.2 Å². The van der Waals surface area contributed by atoms with E-state index in [1.54, 1.807) is 10.9 Å². The molecule has 0 aromatic carbocycles. The summed E-state index contributed by atoms with van der Waals surface area (Å²) < 4.78 is 1.63. The Hall–Kier alpha value is -1.96. The quantitative estimate of drug-likeness (QED) is 0.552. The third kappa shape index (κ3) is 1.55. The van der Waals surface area contributed by atoms with Gasteiger partial charge in [-0.3, -0.25) is 9.78 Å². The second-order valence-electron chi connectivity index (χ2n) is 2.70. The molecular weight excluding hydrogens is 184 g/mol. The van der Waals surface area contributed by atoms with Crippen molar-refractivity contribution in [2.75, 3.05) is 12.3 Å². The average molecular weight is 194 g/mol. The smallest absolute Gasteiger partial charge is 0.239 e. The normalized spacial score (nSPS) is 10.6. The molecule has 0 bridgehead atoms. The predicted octanol–water partition coefficient (Wildman–Crippen LogP) is -1.40. The minimum Gasteiger partial charge on any atom is -0.366 e. The highest BCUT2D eigenvalue weighted by Crippen LogP contribution is 2.09. The Bertz CT molecular complexity index is 415. The number of anilines is 1. The van der Waals surface area contributed by atoms with Crippen LogP contribution in [0.25, 0.3) is 11.5 Å². The summed E-state index contributed by atoms with van der Waals surface area (Å²) in [5.41, 5.74) is 11.3. The summed E-state index contributed by atoms with van der Waals surface area (Å²) in [5.74, 6) is 0.694. The van der Waals surface area contributed by atoms with Crippen molar-refractivity contribution >= 4 is 5.95 Å². The lowest BCUT2D eigenvalue weighted by molar-refractivity contribution is 0.598. The molecule has 8 nitrogen and oxygen atoms in total. The van der Waals surface area contributed by atoms with E-state index in [1.807, 2.05) is 0 Å². The zero-order valence-corrected chi connectivity index (χ0v) is 7.38. The van der Waals surface area contributed by atoms with Crippen LogP contribution in [0, 0.1) is 0 Å². The van der Waals surface area contributed by atoms with Crippen molar-refractivity contribution < 1.29 is 0 Å². The third-order valence-electron chi connectivity index (χ3n) is 1.64. The Morgan fingerprint density at radius 2 is 2.36 bits per heavy atom. The van der Waals surface area contributed by atoms with Crippen LogP contribution in [-0.2, 0) is 6.54 Å². The molecule has 0 aliphatic rings. The van der Waals surface area contributed by atoms with E-state index < -0.39 is 0 Å². The van der Waals surface area contributed by atoms with Gasteiger partial charge in [0.15, 0.2) is 5.82 Å². The molecule has 2 aromatic rings. The van der Waals surface area contributed by atoms with Crippen LogP contribution in [0.1, 0.15) is 0 Å². The molecule has 74 valence electrons. The lowest BCUT2D eigenvalue weighted by Gasteiger charge is -1.92. The number of nitrogens with zero attached hydrogens (tertiary/aromatic N) is 5. The van der Waals surface area contributed by atoms with Crippen LogP contribution >= 0.6 is 0 Å². The number of hydrogen-bond acceptors (Lipinski definition) is 6. The van der Waals surface area contributed by atoms with E-state index in [9.17, 15) is 0 Å². The molecule has 0 atom stereocenters. The molecular formula is C6H10N8. The third-order valence-corrected chi connectivity index (χ3v) is 1.64. The lowest BCUT2D eigenvalue weighted by Crippen LogP contribution is -2.10. The number of hydrogen-bond donors (Lipinski definition) is 3. The number of aromatic amines is 1. The standard InChI is InChI=1S/C6H10N8/c7-1-2-14-3-4(10-13-14)5-9-6(8)12-11-5/h3H,1-2,7H2,(H3,8,9,11,12). The van der Waals surface area contributed by atoms with Crippen molar-refractivity contribution in [3.8, 4) is 11.5 Å². The molecule has 2 rings (SSSR count). The summed E-state index contributed by atoms with van der Waals surface area (Å²) in [6.07, 6.45) is 1.73. The molecule has 0 radical (unpaired) electrons. The molecule has 0 saturated carbocycles. The van der Waals surface area contributed by atoms with Gasteiger partial charge < -0.3 is 11.5 Å². The van der Waals surface area contributed by atoms with Gasteiger partial charge in [-0.1, -0.05) is 5.21 Å². The highest BCUT2D eigenvalue weighted by molar-refractivity contribution is 5.47. The van der Waals surface area contributed by atoms with Crippen molar-refractivity contribution in [2.24, 2.45) is 5.73 Å². The van der Waals surface area contributed by atoms with E-state index in [1.165, 1.54) is 0 Å². The van der Waals surface area contributed by atoms with Crippen LogP contribution in [0.3, 0.4) is 0 Å². The van der Waals surface area contributed by atoms with Gasteiger partial charge in [-0.25, -0.2) is 0 Å². The Morgan fingerprint density at radius 1 is 1.50 bits per heavy atom. The molecule has 0 spiro atoms. The highest BCUT2D eigenvalue weighted by Gasteiger charge is 2.07. The average Bonchev–Trinajstić information content (AvgIpc) is 2.74. The molecule has 0 aliphatic carbocycles. The maximum Gasteiger partial charge on any atom is 0.239 e. The van der Waals surface area contributed by atoms with Crippen molar-refractivity contribution in [1.29, 1.82) is 0 Å². The van der Waals surface area contributed by atoms with Crippen molar-refractivity contribution in [3.63, 3.8) is 0 Å². The van der Waals surface area contributed by atoms with Gasteiger partial charge in [0.05, 0.1) is 12.7 Å². The number of nitrogens with one attached hydrogen (secondary N) is 1. The van der Waals surface area contributed by atoms with Crippen LogP contribution in [0.2, 0.25) is 0 Å². The molecule has 0 aliphatic heterocycles. The Labute approximate surface area is 79.3 Å². The van der Waals surface area contributed by atoms with Gasteiger partial charge >= 0.3 is 0 Å². The predicted molar refractivity (Wildman–Crippen MR) is 48.9 cm³/mol. The SMILES string of the molecule is NCCn1cc(-c2nc(N)n[nH]2)nn1. The minimum absolute atomic E-state index is 0.188. The van der Waals surface area contributed by atoms with E-state index >= 15 is 0 Å². The Morgan fingerprint density at radius 3 is 3.00 bits per heavy atom. The zero-order chi connectivity index (χ0) is 9.97. The summed E-state index contributed by atoms with van der Waals surface area (Å²) in [7, 11) is 0. The van der Waals surface area contributed by atoms with Crippen molar-refractivity contribution in [2.45, 2.75) is 6.54 Å². The monoisotopic (exact) mass is 194 g/mol. The number of nitrogen functional groups attached to an aromatic ring is 1. The molecule has 8 heteroatoms. The van der Waals surface area contributed by atoms with Gasteiger partial charge in [-0.15, -0.1) is 10.2 Å². The second kappa shape index (κ2) is 3.42. The maximum atomic E-state index is 5.37. The minimum atomic E-state index is 0.188. The van der Waals surface area contributed by atoms with E-state index in [4.69, 9.17) is 11.5 Å². The lowest BCUT2D eigenvalue weighted by atomic mass is 10.4. The van der Waals surface area contributed by atoms with Gasteiger partial charge in [-0.2, -0.15) is 4.98 Å². The van der Waals surface area contributed by atoms with Crippen molar-refractivity contribution in [3.05, 3.63) is 6.20 Å². The summed E-state index contributed by atoms with van der Waals surface area (Å²) in [6, 6.07) is 0. The van der Waals surface area contributed by atoms with Gasteiger partial charge in [0, 0.05) is 6.54 Å². The molecule has 0 amide bonds. The molecule has 2 aromatic heterocycles. The molecule has 0 unspecified atom stereocenters. The Balaban J connectivity index is 2.24. The van der Waals surface area contributed by atoms with Gasteiger partial charge in [-0.05, 0) is 0 Å². The van der Waals surface area contributed by atoms with Crippen LogP contribution < -0.4 is 11.5 Å². The van der Waals surface area contributed by atoms with E-state index in [0.717, 1.165) is 0 Å². The van der Waals surface area contributed by atoms with Crippen LogP contribution in [-0.4, -0.2) is 36.7 Å². The highest BCUT2D eigenvalue weighted by atomic mass is 15.4. The zero-order valence-electron chi connectivity index (χ0n) is 7.38. The first-order valence-corrected chi connectivity index (χ1v) is 4.08. The van der Waals surface area contributed by atoms with E-state index in [0.29, 0.717) is 24.6 Å². The maximum absolute atomic E-state index is 5.37. The van der Waals surface area contributed by atoms with Crippen LogP contribution in [0.15, 0.2) is 6.20 Å². The molecule has 14 heavy (non-hydrogen) atoms. The largest absolute Gasteiger partial charge is 0.366 e. The van der Waals surface area contributed by atoms with Gasteiger partial charge in [0.2, 0.25) is 5.95 Å². The molecule has 2 heterocycles. The summed E-state index contributed by atoms with van der Waals surface area (Å²) in [6.45, 7) is 1.14. The number of rotatable bonds is 3. The topological polar surface area (TPSA) is 124 Å². The second-order valence-corrected chi connectivity index (χ2v) is 2.70. The molecule has 0 fully saturated rings. The fourth-order valence-electron chi connectivity index (χ4n) is 1.04. The van der Waals surface area contributed by atoms with E-state index in [-0.39, 0.29) is 5.95 Å². The molecule has 0 saturated heterocycles. The Kier molecular flexibility index (Phi) is 2.11. The van der Waals surface area contributed by atoms with Gasteiger partial charge in [0.1, 0.15) is 5.69 Å². The van der Waals surface area contributed by atoms with Gasteiger partial charge in [0.25, 0.3) is 0 Å². The number of H-pyrrole nitrogens is 1. The molecule has 5 N–H and O–H groups in total. The fraction of sp³-hybridized carbons (Fsp3) is 0.333. The van der Waals surface area contributed by atoms with Crippen LogP contribution in [0.4, 0.5) is 5.95 Å². The van der Waals surface area contributed by atoms with E-state index in [2.05, 4.69) is 25.5 Å². The summed E-state index contributed by atoms with van der Waals surface area (Å²) in [4.78, 5) is 3.92.